The first-order chi connectivity index (χ1) is 16.1. The van der Waals surface area contributed by atoms with Gasteiger partial charge in [0.1, 0.15) is 5.82 Å². The lowest BCUT2D eigenvalue weighted by atomic mass is 9.85. The number of ether oxygens (including phenoxy) is 1. The highest BCUT2D eigenvalue weighted by Crippen LogP contribution is 2.29. The molecule has 1 saturated carbocycles. The second-order valence-corrected chi connectivity index (χ2v) is 8.24. The quantitative estimate of drug-likeness (QED) is 0.469. The van der Waals surface area contributed by atoms with E-state index in [1.54, 1.807) is 24.0 Å². The Kier molecular flexibility index (Phi) is 5.74. The van der Waals surface area contributed by atoms with Crippen LogP contribution in [0.4, 0.5) is 5.82 Å². The van der Waals surface area contributed by atoms with E-state index in [2.05, 4.69) is 25.5 Å². The average molecular weight is 447 g/mol. The summed E-state index contributed by atoms with van der Waals surface area (Å²) in [5.41, 5.74) is 1.14. The zero-order valence-electron chi connectivity index (χ0n) is 18.3. The minimum Gasteiger partial charge on any atom is -0.371 e. The van der Waals surface area contributed by atoms with Crippen molar-refractivity contribution in [1.82, 2.24) is 29.4 Å². The van der Waals surface area contributed by atoms with Crippen molar-refractivity contribution in [2.45, 2.75) is 38.4 Å². The molecule has 0 radical (unpaired) electrons. The van der Waals surface area contributed by atoms with Gasteiger partial charge in [0, 0.05) is 30.4 Å². The standard InChI is InChI=1S/C23H25N7O3/c1-29-19(11-12-24-29)26-22(32)17-9-5-6-10-18(17)33-14-16-13-20(31)30-23(25-16)27-21(28-30)15-7-3-2-4-8-15/h2-4,7-8,11-13,17-18H,5-6,9-10,14H2,1H3,(H,26,32)(H,25,27,28). The van der Waals surface area contributed by atoms with Crippen LogP contribution in [0.1, 0.15) is 31.4 Å². The zero-order valence-corrected chi connectivity index (χ0v) is 18.3. The number of nitrogens with zero attached hydrogens (tertiary/aromatic N) is 5. The summed E-state index contributed by atoms with van der Waals surface area (Å²) in [4.78, 5) is 33.1. The van der Waals surface area contributed by atoms with Crippen molar-refractivity contribution in [3.63, 3.8) is 0 Å². The predicted molar refractivity (Wildman–Crippen MR) is 121 cm³/mol. The Labute approximate surface area is 189 Å². The molecule has 3 aromatic heterocycles. The monoisotopic (exact) mass is 447 g/mol. The number of nitrogens with one attached hydrogen (secondary N) is 2. The molecular formula is C23H25N7O3. The second kappa shape index (κ2) is 8.99. The SMILES string of the molecule is Cn1nccc1NC(=O)C1CCCCC1OCc1cc(=O)n2nc(-c3ccccc3)nc2[nH]1. The van der Waals surface area contributed by atoms with E-state index in [0.717, 1.165) is 31.2 Å². The number of hydrogen-bond donors (Lipinski definition) is 2. The zero-order chi connectivity index (χ0) is 22.8. The van der Waals surface area contributed by atoms with Crippen molar-refractivity contribution < 1.29 is 9.53 Å². The summed E-state index contributed by atoms with van der Waals surface area (Å²) in [5.74, 6) is 1.15. The van der Waals surface area contributed by atoms with Gasteiger partial charge in [-0.1, -0.05) is 43.2 Å². The van der Waals surface area contributed by atoms with E-state index in [9.17, 15) is 9.59 Å². The van der Waals surface area contributed by atoms with E-state index in [-0.39, 0.29) is 30.1 Å². The van der Waals surface area contributed by atoms with Crippen LogP contribution < -0.4 is 10.9 Å². The lowest BCUT2D eigenvalue weighted by Crippen LogP contribution is -2.37. The van der Waals surface area contributed by atoms with Gasteiger partial charge in [-0.25, -0.2) is 0 Å². The van der Waals surface area contributed by atoms with E-state index >= 15 is 0 Å². The lowest BCUT2D eigenvalue weighted by Gasteiger charge is -2.30. The van der Waals surface area contributed by atoms with Gasteiger partial charge >= 0.3 is 0 Å². The number of fused-ring (bicyclic) bond motifs is 1. The van der Waals surface area contributed by atoms with Crippen molar-refractivity contribution in [1.29, 1.82) is 0 Å². The number of benzene rings is 1. The molecule has 5 rings (SSSR count). The van der Waals surface area contributed by atoms with Gasteiger partial charge in [0.25, 0.3) is 5.56 Å². The van der Waals surface area contributed by atoms with Gasteiger partial charge in [0.05, 0.1) is 24.8 Å². The molecule has 1 aliphatic carbocycles. The van der Waals surface area contributed by atoms with Crippen molar-refractivity contribution >= 4 is 17.5 Å². The molecule has 1 amide bonds. The summed E-state index contributed by atoms with van der Waals surface area (Å²) >= 11 is 0. The number of amides is 1. The van der Waals surface area contributed by atoms with Crippen LogP contribution in [0.2, 0.25) is 0 Å². The maximum atomic E-state index is 12.9. The first-order valence-corrected chi connectivity index (χ1v) is 11.0. The maximum Gasteiger partial charge on any atom is 0.275 e. The van der Waals surface area contributed by atoms with E-state index in [4.69, 9.17) is 4.74 Å². The number of hydrogen-bond acceptors (Lipinski definition) is 6. The third-order valence-electron chi connectivity index (χ3n) is 5.98. The molecule has 170 valence electrons. The summed E-state index contributed by atoms with van der Waals surface area (Å²) in [7, 11) is 1.78. The summed E-state index contributed by atoms with van der Waals surface area (Å²) in [6.45, 7) is 0.180. The Morgan fingerprint density at radius 3 is 2.82 bits per heavy atom. The number of anilines is 1. The number of carbonyl (C=O) groups excluding carboxylic acids is 1. The minimum absolute atomic E-state index is 0.0720. The van der Waals surface area contributed by atoms with Gasteiger partial charge < -0.3 is 15.0 Å². The highest BCUT2D eigenvalue weighted by Gasteiger charge is 2.32. The van der Waals surface area contributed by atoms with Crippen LogP contribution in [0.3, 0.4) is 0 Å². The van der Waals surface area contributed by atoms with E-state index < -0.39 is 0 Å². The molecule has 0 saturated heterocycles. The Bertz CT molecular complexity index is 1320. The fourth-order valence-electron chi connectivity index (χ4n) is 4.23. The number of carbonyl (C=O) groups is 1. The van der Waals surface area contributed by atoms with Gasteiger partial charge in [-0.3, -0.25) is 14.3 Å². The average Bonchev–Trinajstić information content (AvgIpc) is 3.45. The van der Waals surface area contributed by atoms with Crippen molar-refractivity contribution in [3.8, 4) is 11.4 Å². The lowest BCUT2D eigenvalue weighted by molar-refractivity contribution is -0.128. The Balaban J connectivity index is 1.31. The fourth-order valence-corrected chi connectivity index (χ4v) is 4.23. The van der Waals surface area contributed by atoms with Crippen LogP contribution in [0.25, 0.3) is 17.2 Å². The number of rotatable bonds is 6. The summed E-state index contributed by atoms with van der Waals surface area (Å²) in [6.07, 6.45) is 4.94. The normalized spacial score (nSPS) is 18.5. The molecule has 0 aliphatic heterocycles. The van der Waals surface area contributed by atoms with Crippen molar-refractivity contribution in [3.05, 3.63) is 64.7 Å². The highest BCUT2D eigenvalue weighted by molar-refractivity contribution is 5.92. The summed E-state index contributed by atoms with van der Waals surface area (Å²) in [6, 6.07) is 12.7. The molecule has 2 unspecified atom stereocenters. The maximum absolute atomic E-state index is 12.9. The first kappa shape index (κ1) is 21.1. The van der Waals surface area contributed by atoms with Crippen LogP contribution in [0.15, 0.2) is 53.5 Å². The molecule has 10 heteroatoms. The van der Waals surface area contributed by atoms with Crippen LogP contribution in [-0.4, -0.2) is 41.4 Å². The minimum atomic E-state index is -0.286. The van der Waals surface area contributed by atoms with Gasteiger partial charge in [-0.2, -0.15) is 14.6 Å². The molecule has 3 heterocycles. The molecule has 1 aliphatic rings. The molecule has 4 aromatic rings. The molecule has 1 fully saturated rings. The van der Waals surface area contributed by atoms with E-state index in [0.29, 0.717) is 23.1 Å². The second-order valence-electron chi connectivity index (χ2n) is 8.24. The molecule has 1 aromatic carbocycles. The molecule has 10 nitrogen and oxygen atoms in total. The first-order valence-electron chi connectivity index (χ1n) is 11.0. The molecular weight excluding hydrogens is 422 g/mol. The number of H-pyrrole nitrogens is 1. The number of aryl methyl sites for hydroxylation is 1. The predicted octanol–water partition coefficient (Wildman–Crippen LogP) is 2.53. The number of aromatic nitrogens is 6. The smallest absolute Gasteiger partial charge is 0.275 e. The number of aromatic amines is 1. The van der Waals surface area contributed by atoms with Crippen molar-refractivity contribution in [2.75, 3.05) is 5.32 Å². The summed E-state index contributed by atoms with van der Waals surface area (Å²) in [5, 5.41) is 11.3. The van der Waals surface area contributed by atoms with Crippen LogP contribution in [0, 0.1) is 5.92 Å². The molecule has 2 N–H and O–H groups in total. The summed E-state index contributed by atoms with van der Waals surface area (Å²) < 4.78 is 9.01. The van der Waals surface area contributed by atoms with Crippen LogP contribution >= 0.6 is 0 Å². The largest absolute Gasteiger partial charge is 0.371 e. The Morgan fingerprint density at radius 1 is 1.21 bits per heavy atom. The molecule has 0 spiro atoms. The topological polar surface area (TPSA) is 119 Å². The van der Waals surface area contributed by atoms with Crippen LogP contribution in [-0.2, 0) is 23.2 Å². The van der Waals surface area contributed by atoms with Crippen molar-refractivity contribution in [2.24, 2.45) is 13.0 Å². The van der Waals surface area contributed by atoms with Crippen LogP contribution in [0.5, 0.6) is 0 Å². The molecule has 33 heavy (non-hydrogen) atoms. The van der Waals surface area contributed by atoms with Gasteiger partial charge in [-0.15, -0.1) is 5.10 Å². The Morgan fingerprint density at radius 2 is 2.03 bits per heavy atom. The van der Waals surface area contributed by atoms with Gasteiger partial charge in [0.2, 0.25) is 11.7 Å². The molecule has 2 atom stereocenters. The highest BCUT2D eigenvalue weighted by atomic mass is 16.5. The third-order valence-corrected chi connectivity index (χ3v) is 5.98. The van der Waals surface area contributed by atoms with Gasteiger partial charge in [-0.05, 0) is 12.8 Å². The fraction of sp³-hybridized carbons (Fsp3) is 0.348. The van der Waals surface area contributed by atoms with E-state index in [1.807, 2.05) is 30.3 Å². The van der Waals surface area contributed by atoms with E-state index in [1.165, 1.54) is 10.6 Å². The molecule has 0 bridgehead atoms. The Hall–Kier alpha value is -3.79. The third kappa shape index (κ3) is 4.42. The van der Waals surface area contributed by atoms with Gasteiger partial charge in [0.15, 0.2) is 5.82 Å².